The highest BCUT2D eigenvalue weighted by molar-refractivity contribution is 5.75. The van der Waals surface area contributed by atoms with E-state index in [9.17, 15) is 0 Å². The Bertz CT molecular complexity index is 567. The Balaban J connectivity index is 2.65. The van der Waals surface area contributed by atoms with Gasteiger partial charge in [-0.05, 0) is 18.9 Å². The highest BCUT2D eigenvalue weighted by atomic mass is 15.1. The second kappa shape index (κ2) is 4.93. The molecule has 4 heteroatoms. The lowest BCUT2D eigenvalue weighted by Gasteiger charge is -2.29. The number of rotatable bonds is 4. The van der Waals surface area contributed by atoms with Gasteiger partial charge in [0.25, 0.3) is 0 Å². The Morgan fingerprint density at radius 2 is 2.00 bits per heavy atom. The minimum absolute atomic E-state index is 0.0446. The van der Waals surface area contributed by atoms with E-state index in [4.69, 9.17) is 10.7 Å². The maximum atomic E-state index is 6.15. The largest absolute Gasteiger partial charge is 0.327 e. The predicted octanol–water partition coefficient (Wildman–Crippen LogP) is 2.71. The van der Waals surface area contributed by atoms with Gasteiger partial charge in [0.2, 0.25) is 0 Å². The molecule has 0 aliphatic heterocycles. The molecule has 2 N–H and O–H groups in total. The van der Waals surface area contributed by atoms with E-state index in [1.165, 1.54) is 0 Å². The maximum Gasteiger partial charge on any atom is 0.117 e. The van der Waals surface area contributed by atoms with Gasteiger partial charge in [0.1, 0.15) is 11.3 Å². The van der Waals surface area contributed by atoms with E-state index in [-0.39, 0.29) is 11.5 Å². The van der Waals surface area contributed by atoms with Crippen LogP contribution in [0, 0.1) is 5.92 Å². The van der Waals surface area contributed by atoms with Crippen LogP contribution in [0.2, 0.25) is 0 Å². The zero-order valence-corrected chi connectivity index (χ0v) is 12.5. The van der Waals surface area contributed by atoms with Gasteiger partial charge in [0.15, 0.2) is 0 Å². The van der Waals surface area contributed by atoms with Crippen molar-refractivity contribution in [3.05, 3.63) is 24.3 Å². The van der Waals surface area contributed by atoms with E-state index in [1.807, 2.05) is 25.4 Å². The number of pyridine rings is 1. The molecule has 19 heavy (non-hydrogen) atoms. The minimum Gasteiger partial charge on any atom is -0.327 e. The first-order chi connectivity index (χ1) is 8.84. The van der Waals surface area contributed by atoms with Crippen LogP contribution < -0.4 is 5.73 Å². The summed E-state index contributed by atoms with van der Waals surface area (Å²) in [7, 11) is 0. The van der Waals surface area contributed by atoms with Gasteiger partial charge in [-0.15, -0.1) is 0 Å². The molecule has 0 aliphatic carbocycles. The Kier molecular flexibility index (Phi) is 3.63. The van der Waals surface area contributed by atoms with E-state index >= 15 is 0 Å². The number of fused-ring (bicyclic) bond motifs is 1. The van der Waals surface area contributed by atoms with E-state index in [2.05, 4.69) is 37.2 Å². The van der Waals surface area contributed by atoms with Gasteiger partial charge in [0.05, 0.1) is 11.7 Å². The molecule has 2 heterocycles. The molecular weight excluding hydrogens is 236 g/mol. The van der Waals surface area contributed by atoms with Crippen molar-refractivity contribution < 1.29 is 0 Å². The molecule has 1 unspecified atom stereocenters. The number of imidazole rings is 1. The third-order valence-electron chi connectivity index (χ3n) is 3.81. The smallest absolute Gasteiger partial charge is 0.117 e. The van der Waals surface area contributed by atoms with Crippen LogP contribution in [0.25, 0.3) is 11.0 Å². The lowest BCUT2D eigenvalue weighted by atomic mass is 9.85. The van der Waals surface area contributed by atoms with E-state index in [0.717, 1.165) is 23.4 Å². The number of nitrogens with two attached hydrogens (primary N) is 1. The normalized spacial score (nSPS) is 14.3. The summed E-state index contributed by atoms with van der Waals surface area (Å²) in [5.41, 5.74) is 8.09. The summed E-state index contributed by atoms with van der Waals surface area (Å²) in [5.74, 6) is 1.62. The minimum atomic E-state index is -0.159. The van der Waals surface area contributed by atoms with Crippen molar-refractivity contribution >= 4 is 11.0 Å². The quantitative estimate of drug-likeness (QED) is 0.919. The van der Waals surface area contributed by atoms with Crippen LogP contribution in [0.3, 0.4) is 0 Å². The molecule has 0 spiro atoms. The molecule has 104 valence electrons. The van der Waals surface area contributed by atoms with E-state index in [1.54, 1.807) is 0 Å². The average Bonchev–Trinajstić information content (AvgIpc) is 2.68. The first kappa shape index (κ1) is 14.0. The van der Waals surface area contributed by atoms with Crippen LogP contribution in [-0.4, -0.2) is 20.6 Å². The number of hydrogen-bond donors (Lipinski definition) is 1. The molecule has 0 aliphatic rings. The Morgan fingerprint density at radius 3 is 2.58 bits per heavy atom. The van der Waals surface area contributed by atoms with Crippen molar-refractivity contribution in [1.82, 2.24) is 14.5 Å². The number of hydrogen-bond acceptors (Lipinski definition) is 3. The number of nitrogens with zero attached hydrogens (tertiary/aromatic N) is 3. The summed E-state index contributed by atoms with van der Waals surface area (Å²) in [6, 6.07) is 2.08. The third-order valence-corrected chi connectivity index (χ3v) is 3.81. The lowest BCUT2D eigenvalue weighted by Crippen LogP contribution is -2.40. The summed E-state index contributed by atoms with van der Waals surface area (Å²) < 4.78 is 2.30. The lowest BCUT2D eigenvalue weighted by molar-refractivity contribution is 0.380. The monoisotopic (exact) mass is 260 g/mol. The molecule has 0 saturated heterocycles. The highest BCUT2D eigenvalue weighted by Crippen LogP contribution is 2.29. The van der Waals surface area contributed by atoms with Gasteiger partial charge in [-0.1, -0.05) is 27.7 Å². The molecule has 0 bridgehead atoms. The molecule has 0 aromatic carbocycles. The summed E-state index contributed by atoms with van der Waals surface area (Å²) in [5, 5.41) is 0. The molecule has 0 amide bonds. The van der Waals surface area contributed by atoms with E-state index < -0.39 is 0 Å². The molecule has 1 atom stereocenters. The average molecular weight is 260 g/mol. The standard InChI is InChI=1S/C15H24N4/c1-10(2)9-19-13-6-7-17-8-12(13)18-14(19)15(4,5)11(3)16/h6-8,10-11H,9,16H2,1-5H3. The van der Waals surface area contributed by atoms with Crippen LogP contribution in [0.4, 0.5) is 0 Å². The van der Waals surface area contributed by atoms with E-state index in [0.29, 0.717) is 5.92 Å². The highest BCUT2D eigenvalue weighted by Gasteiger charge is 2.31. The summed E-state index contributed by atoms with van der Waals surface area (Å²) in [6.07, 6.45) is 3.65. The summed E-state index contributed by atoms with van der Waals surface area (Å²) in [6.45, 7) is 11.7. The van der Waals surface area contributed by atoms with Crippen LogP contribution in [0.15, 0.2) is 18.5 Å². The summed E-state index contributed by atoms with van der Waals surface area (Å²) in [4.78, 5) is 8.95. The zero-order valence-electron chi connectivity index (χ0n) is 12.5. The molecule has 2 aromatic heterocycles. The zero-order chi connectivity index (χ0) is 14.2. The van der Waals surface area contributed by atoms with Crippen LogP contribution in [0.5, 0.6) is 0 Å². The van der Waals surface area contributed by atoms with Gasteiger partial charge in [-0.3, -0.25) is 4.98 Å². The Labute approximate surface area is 115 Å². The van der Waals surface area contributed by atoms with Crippen LogP contribution >= 0.6 is 0 Å². The molecule has 0 radical (unpaired) electrons. The second-order valence-corrected chi connectivity index (χ2v) is 6.31. The molecular formula is C15H24N4. The van der Waals surface area contributed by atoms with Crippen molar-refractivity contribution in [1.29, 1.82) is 0 Å². The fourth-order valence-corrected chi connectivity index (χ4v) is 2.23. The molecule has 2 aromatic rings. The van der Waals surface area contributed by atoms with Crippen LogP contribution in [0.1, 0.15) is 40.4 Å². The van der Waals surface area contributed by atoms with Gasteiger partial charge < -0.3 is 10.3 Å². The van der Waals surface area contributed by atoms with Crippen molar-refractivity contribution in [3.8, 4) is 0 Å². The predicted molar refractivity (Wildman–Crippen MR) is 79.0 cm³/mol. The van der Waals surface area contributed by atoms with Gasteiger partial charge in [-0.2, -0.15) is 0 Å². The topological polar surface area (TPSA) is 56.7 Å². The van der Waals surface area contributed by atoms with Crippen molar-refractivity contribution in [2.24, 2.45) is 11.7 Å². The second-order valence-electron chi connectivity index (χ2n) is 6.31. The molecule has 0 fully saturated rings. The maximum absolute atomic E-state index is 6.15. The first-order valence-corrected chi connectivity index (χ1v) is 6.90. The Morgan fingerprint density at radius 1 is 1.32 bits per heavy atom. The Hall–Kier alpha value is -1.42. The SMILES string of the molecule is CC(C)Cn1c(C(C)(C)C(C)N)nc2cnccc21. The molecule has 0 saturated carbocycles. The first-order valence-electron chi connectivity index (χ1n) is 6.90. The summed E-state index contributed by atoms with van der Waals surface area (Å²) >= 11 is 0. The van der Waals surface area contributed by atoms with Crippen molar-refractivity contribution in [2.75, 3.05) is 0 Å². The molecule has 2 rings (SSSR count). The van der Waals surface area contributed by atoms with Gasteiger partial charge in [0, 0.05) is 24.2 Å². The van der Waals surface area contributed by atoms with Gasteiger partial charge >= 0.3 is 0 Å². The van der Waals surface area contributed by atoms with Crippen LogP contribution in [-0.2, 0) is 12.0 Å². The van der Waals surface area contributed by atoms with Crippen molar-refractivity contribution in [2.45, 2.75) is 52.6 Å². The van der Waals surface area contributed by atoms with Crippen molar-refractivity contribution in [3.63, 3.8) is 0 Å². The number of aromatic nitrogens is 3. The van der Waals surface area contributed by atoms with Gasteiger partial charge in [-0.25, -0.2) is 4.98 Å². The fourth-order valence-electron chi connectivity index (χ4n) is 2.23. The third kappa shape index (κ3) is 2.50. The fraction of sp³-hybridized carbons (Fsp3) is 0.600. The molecule has 4 nitrogen and oxygen atoms in total.